The van der Waals surface area contributed by atoms with Gasteiger partial charge in [0.25, 0.3) is 0 Å². The van der Waals surface area contributed by atoms with Crippen LogP contribution < -0.4 is 0 Å². The van der Waals surface area contributed by atoms with Crippen LogP contribution in [0.4, 0.5) is 0 Å². The van der Waals surface area contributed by atoms with Gasteiger partial charge in [-0.2, -0.15) is 0 Å². The quantitative estimate of drug-likeness (QED) is 0.758. The Hall–Kier alpha value is -1.72. The van der Waals surface area contributed by atoms with Crippen molar-refractivity contribution in [3.05, 3.63) is 47.7 Å². The van der Waals surface area contributed by atoms with Crippen molar-refractivity contribution in [3.63, 3.8) is 0 Å². The molecule has 3 aliphatic heterocycles. The molecule has 3 aliphatic rings. The fourth-order valence-electron chi connectivity index (χ4n) is 2.79. The van der Waals surface area contributed by atoms with E-state index in [0.717, 1.165) is 18.5 Å². The Balaban J connectivity index is 1.81. The molecule has 0 unspecified atom stereocenters. The van der Waals surface area contributed by atoms with Crippen molar-refractivity contribution in [2.75, 3.05) is 13.2 Å². The maximum absolute atomic E-state index is 9.30. The second kappa shape index (κ2) is 4.88. The molecule has 1 fully saturated rings. The highest BCUT2D eigenvalue weighted by atomic mass is 16.3. The second-order valence-electron chi connectivity index (χ2n) is 5.00. The van der Waals surface area contributed by atoms with Gasteiger partial charge in [0.2, 0.25) is 0 Å². The summed E-state index contributed by atoms with van der Waals surface area (Å²) in [6.45, 7) is 1.32. The van der Waals surface area contributed by atoms with E-state index < -0.39 is 0 Å². The Morgan fingerprint density at radius 1 is 1.22 bits per heavy atom. The van der Waals surface area contributed by atoms with E-state index in [4.69, 9.17) is 0 Å². The molecule has 0 saturated carbocycles. The molecule has 1 aromatic rings. The lowest BCUT2D eigenvalue weighted by atomic mass is 9.82. The van der Waals surface area contributed by atoms with Crippen molar-refractivity contribution in [1.29, 1.82) is 0 Å². The molecule has 0 amide bonds. The molecule has 0 aliphatic carbocycles. The summed E-state index contributed by atoms with van der Waals surface area (Å²) in [7, 11) is 0. The first-order chi connectivity index (χ1) is 8.86. The van der Waals surface area contributed by atoms with E-state index in [9.17, 15) is 5.11 Å². The Labute approximate surface area is 108 Å². The van der Waals surface area contributed by atoms with Gasteiger partial charge in [-0.1, -0.05) is 30.0 Å². The highest BCUT2D eigenvalue weighted by Crippen LogP contribution is 2.34. The van der Waals surface area contributed by atoms with Gasteiger partial charge in [0.1, 0.15) is 0 Å². The third-order valence-electron chi connectivity index (χ3n) is 3.84. The van der Waals surface area contributed by atoms with Gasteiger partial charge in [0.15, 0.2) is 0 Å². The molecule has 1 aromatic carbocycles. The third kappa shape index (κ3) is 2.14. The van der Waals surface area contributed by atoms with Crippen LogP contribution in [0.25, 0.3) is 0 Å². The molecule has 1 saturated heterocycles. The zero-order chi connectivity index (χ0) is 12.4. The number of aliphatic hydroxyl groups excluding tert-OH is 1. The van der Waals surface area contributed by atoms with Crippen LogP contribution in [0.3, 0.4) is 0 Å². The van der Waals surface area contributed by atoms with Crippen molar-refractivity contribution in [2.24, 2.45) is 5.92 Å². The lowest BCUT2D eigenvalue weighted by Gasteiger charge is -2.43. The Morgan fingerprint density at radius 2 is 2.06 bits per heavy atom. The van der Waals surface area contributed by atoms with Gasteiger partial charge in [-0.3, -0.25) is 0 Å². The van der Waals surface area contributed by atoms with Gasteiger partial charge in [0, 0.05) is 23.9 Å². The Kier molecular flexibility index (Phi) is 3.08. The van der Waals surface area contributed by atoms with E-state index >= 15 is 0 Å². The molecule has 2 atom stereocenters. The number of allylic oxidation sites excluding steroid dienone is 1. The number of rotatable bonds is 1. The van der Waals surface area contributed by atoms with Crippen LogP contribution in [-0.4, -0.2) is 29.2 Å². The fraction of sp³-hybridized carbons (Fsp3) is 0.375. The molecule has 92 valence electrons. The van der Waals surface area contributed by atoms with E-state index in [1.54, 1.807) is 0 Å². The Bertz CT molecular complexity index is 509. The molecule has 4 rings (SSSR count). The summed E-state index contributed by atoms with van der Waals surface area (Å²) in [6.07, 6.45) is 4.37. The summed E-state index contributed by atoms with van der Waals surface area (Å²) < 4.78 is 0. The maximum atomic E-state index is 9.30. The SMILES string of the molecule is OC[C@@H]1C[C@@H]2CCN1C=C2C#Cc1ccccc1. The number of hydrogen-bond acceptors (Lipinski definition) is 2. The van der Waals surface area contributed by atoms with Crippen LogP contribution in [0, 0.1) is 17.8 Å². The highest BCUT2D eigenvalue weighted by molar-refractivity contribution is 5.42. The molecule has 2 heteroatoms. The predicted molar refractivity (Wildman–Crippen MR) is 71.7 cm³/mol. The van der Waals surface area contributed by atoms with Crippen LogP contribution in [0.15, 0.2) is 42.1 Å². The normalized spacial score (nSPS) is 25.4. The van der Waals surface area contributed by atoms with Crippen molar-refractivity contribution in [3.8, 4) is 11.8 Å². The lowest BCUT2D eigenvalue weighted by Crippen LogP contribution is -2.45. The van der Waals surface area contributed by atoms with E-state index in [-0.39, 0.29) is 6.61 Å². The van der Waals surface area contributed by atoms with Crippen LogP contribution >= 0.6 is 0 Å². The summed E-state index contributed by atoms with van der Waals surface area (Å²) in [6, 6.07) is 10.4. The predicted octanol–water partition coefficient (Wildman–Crippen LogP) is 2.01. The third-order valence-corrected chi connectivity index (χ3v) is 3.84. The van der Waals surface area contributed by atoms with Crippen LogP contribution in [0.1, 0.15) is 18.4 Å². The average Bonchev–Trinajstić information content (AvgIpc) is 2.46. The molecule has 18 heavy (non-hydrogen) atoms. The molecular formula is C16H17NO. The molecule has 2 nitrogen and oxygen atoms in total. The van der Waals surface area contributed by atoms with Crippen LogP contribution in [0.5, 0.6) is 0 Å². The molecule has 1 N–H and O–H groups in total. The fourth-order valence-corrected chi connectivity index (χ4v) is 2.79. The lowest BCUT2D eigenvalue weighted by molar-refractivity contribution is 0.0956. The monoisotopic (exact) mass is 239 g/mol. The summed E-state index contributed by atoms with van der Waals surface area (Å²) in [5, 5.41) is 9.30. The molecular weight excluding hydrogens is 222 g/mol. The standard InChI is InChI=1S/C16H17NO/c18-12-16-10-14-8-9-17(16)11-15(14)7-6-13-4-2-1-3-5-13/h1-5,11,14,16,18H,8-10,12H2/t14-,16-/m0/s1. The highest BCUT2D eigenvalue weighted by Gasteiger charge is 2.32. The topological polar surface area (TPSA) is 23.5 Å². The summed E-state index contributed by atoms with van der Waals surface area (Å²) in [5.41, 5.74) is 2.29. The van der Waals surface area contributed by atoms with Gasteiger partial charge >= 0.3 is 0 Å². The smallest absolute Gasteiger partial charge is 0.0635 e. The van der Waals surface area contributed by atoms with E-state index in [2.05, 4.69) is 22.9 Å². The second-order valence-corrected chi connectivity index (χ2v) is 5.00. The van der Waals surface area contributed by atoms with Crippen molar-refractivity contribution in [1.82, 2.24) is 4.90 Å². The molecule has 3 heterocycles. The number of piperidine rings is 1. The Morgan fingerprint density at radius 3 is 2.72 bits per heavy atom. The number of benzene rings is 1. The van der Waals surface area contributed by atoms with Crippen LogP contribution in [-0.2, 0) is 0 Å². The molecule has 0 aromatic heterocycles. The molecule has 0 radical (unpaired) electrons. The first-order valence-corrected chi connectivity index (χ1v) is 6.52. The minimum absolute atomic E-state index is 0.256. The van der Waals surface area contributed by atoms with E-state index in [1.807, 2.05) is 30.3 Å². The maximum Gasteiger partial charge on any atom is 0.0635 e. The van der Waals surface area contributed by atoms with Crippen molar-refractivity contribution in [2.45, 2.75) is 18.9 Å². The van der Waals surface area contributed by atoms with Crippen LogP contribution in [0.2, 0.25) is 0 Å². The van der Waals surface area contributed by atoms with Gasteiger partial charge < -0.3 is 10.0 Å². The summed E-state index contributed by atoms with van der Waals surface area (Å²) >= 11 is 0. The van der Waals surface area contributed by atoms with Gasteiger partial charge in [-0.25, -0.2) is 0 Å². The van der Waals surface area contributed by atoms with Crippen molar-refractivity contribution >= 4 is 0 Å². The number of fused-ring (bicyclic) bond motifs is 2. The largest absolute Gasteiger partial charge is 0.394 e. The first-order valence-electron chi connectivity index (χ1n) is 6.52. The molecule has 0 spiro atoms. The van der Waals surface area contributed by atoms with Gasteiger partial charge in [-0.05, 0) is 30.9 Å². The summed E-state index contributed by atoms with van der Waals surface area (Å²) in [5.74, 6) is 7.07. The number of hydrogen-bond donors (Lipinski definition) is 1. The minimum Gasteiger partial charge on any atom is -0.394 e. The average molecular weight is 239 g/mol. The minimum atomic E-state index is 0.256. The number of aliphatic hydroxyl groups is 1. The number of nitrogens with zero attached hydrogens (tertiary/aromatic N) is 1. The summed E-state index contributed by atoms with van der Waals surface area (Å²) in [4.78, 5) is 2.25. The van der Waals surface area contributed by atoms with Gasteiger partial charge in [-0.15, -0.1) is 0 Å². The molecule has 2 bridgehead atoms. The zero-order valence-electron chi connectivity index (χ0n) is 10.3. The van der Waals surface area contributed by atoms with Crippen molar-refractivity contribution < 1.29 is 5.11 Å². The van der Waals surface area contributed by atoms with E-state index in [1.165, 1.54) is 12.0 Å². The van der Waals surface area contributed by atoms with Gasteiger partial charge in [0.05, 0.1) is 12.6 Å². The zero-order valence-corrected chi connectivity index (χ0v) is 10.3. The van der Waals surface area contributed by atoms with E-state index in [0.29, 0.717) is 12.0 Å². The first kappa shape index (κ1) is 11.4.